The maximum atomic E-state index is 12.4. The Hall–Kier alpha value is -1.40. The van der Waals surface area contributed by atoms with Crippen LogP contribution in [0.4, 0.5) is 0 Å². The zero-order chi connectivity index (χ0) is 57.1. The van der Waals surface area contributed by atoms with Gasteiger partial charge in [0.1, 0.15) is 0 Å². The van der Waals surface area contributed by atoms with Gasteiger partial charge >= 0.3 is 5.97 Å². The second-order valence-electron chi connectivity index (χ2n) is 25.3. The molecule has 0 aromatic rings. The lowest BCUT2D eigenvalue weighted by atomic mass is 10.0. The smallest absolute Gasteiger partial charge is 0.305 e. The van der Waals surface area contributed by atoms with E-state index in [9.17, 15) is 19.8 Å². The highest BCUT2D eigenvalue weighted by atomic mass is 16.5. The molecular formula is C73H143NO5. The van der Waals surface area contributed by atoms with Gasteiger partial charge in [0.25, 0.3) is 0 Å². The molecule has 3 N–H and O–H groups in total. The average Bonchev–Trinajstić information content (AvgIpc) is 3.45. The number of hydrogen-bond acceptors (Lipinski definition) is 5. The monoisotopic (exact) mass is 1110 g/mol. The highest BCUT2D eigenvalue weighted by Gasteiger charge is 2.18. The molecule has 2 atom stereocenters. The molecule has 79 heavy (non-hydrogen) atoms. The van der Waals surface area contributed by atoms with E-state index in [0.717, 1.165) is 38.5 Å². The molecule has 0 aliphatic carbocycles. The van der Waals surface area contributed by atoms with Crippen molar-refractivity contribution < 1.29 is 24.5 Å². The largest absolute Gasteiger partial charge is 0.466 e. The Labute approximate surface area is 495 Å². The van der Waals surface area contributed by atoms with Crippen LogP contribution in [0.15, 0.2) is 12.2 Å². The van der Waals surface area contributed by atoms with Crippen molar-refractivity contribution in [1.82, 2.24) is 5.32 Å². The number of carbonyl (C=O) groups is 2. The van der Waals surface area contributed by atoms with Crippen molar-refractivity contribution >= 4 is 11.9 Å². The zero-order valence-corrected chi connectivity index (χ0v) is 53.9. The molecule has 6 nitrogen and oxygen atoms in total. The average molecular weight is 1110 g/mol. The fourth-order valence-electron chi connectivity index (χ4n) is 11.8. The topological polar surface area (TPSA) is 95.9 Å². The van der Waals surface area contributed by atoms with Gasteiger partial charge in [0.15, 0.2) is 0 Å². The Balaban J connectivity index is 3.27. The van der Waals surface area contributed by atoms with Crippen molar-refractivity contribution in [3.63, 3.8) is 0 Å². The Morgan fingerprint density at radius 1 is 0.342 bits per heavy atom. The number of rotatable bonds is 69. The van der Waals surface area contributed by atoms with Gasteiger partial charge in [-0.1, -0.05) is 386 Å². The van der Waals surface area contributed by atoms with Crippen molar-refractivity contribution in [2.24, 2.45) is 0 Å². The van der Waals surface area contributed by atoms with Crippen molar-refractivity contribution in [2.75, 3.05) is 13.2 Å². The summed E-state index contributed by atoms with van der Waals surface area (Å²) in [5.41, 5.74) is 0. The standard InChI is InChI=1S/C73H143NO5/c1-3-5-7-9-11-13-15-16-17-18-34-38-41-44-47-51-55-59-63-67-73(78)79-68-64-60-56-52-48-45-42-39-36-33-31-29-27-25-23-21-19-20-22-24-26-28-30-32-35-37-40-43-46-50-54-58-62-66-72(77)74-70(69-75)71(76)65-61-57-53-49-14-12-10-8-6-4-2/h61,65,70-71,75-76H,3-60,62-64,66-69H2,1-2H3,(H,74,77)/b65-61+. The number of nitrogens with one attached hydrogen (secondary N) is 1. The molecule has 0 bridgehead atoms. The second kappa shape index (κ2) is 69.1. The van der Waals surface area contributed by atoms with Crippen LogP contribution in [0, 0.1) is 0 Å². The van der Waals surface area contributed by atoms with Crippen molar-refractivity contribution in [2.45, 2.75) is 431 Å². The molecule has 0 saturated heterocycles. The molecule has 0 aliphatic rings. The summed E-state index contributed by atoms with van der Waals surface area (Å²) >= 11 is 0. The molecule has 6 heteroatoms. The Morgan fingerprint density at radius 3 is 0.861 bits per heavy atom. The highest BCUT2D eigenvalue weighted by molar-refractivity contribution is 5.76. The van der Waals surface area contributed by atoms with E-state index in [1.165, 1.54) is 353 Å². The molecule has 0 spiro atoms. The minimum atomic E-state index is -0.838. The van der Waals surface area contributed by atoms with Crippen LogP contribution in [0.25, 0.3) is 0 Å². The quantitative estimate of drug-likeness (QED) is 0.0320. The number of carbonyl (C=O) groups excluding carboxylic acids is 2. The number of aliphatic hydroxyl groups is 2. The molecule has 0 fully saturated rings. The lowest BCUT2D eigenvalue weighted by Crippen LogP contribution is -2.45. The number of unbranched alkanes of at least 4 members (excludes halogenated alkanes) is 58. The number of allylic oxidation sites excluding steroid dienone is 1. The lowest BCUT2D eigenvalue weighted by Gasteiger charge is -2.20. The van der Waals surface area contributed by atoms with Crippen LogP contribution in [-0.2, 0) is 14.3 Å². The van der Waals surface area contributed by atoms with Crippen molar-refractivity contribution in [1.29, 1.82) is 0 Å². The van der Waals surface area contributed by atoms with Gasteiger partial charge in [0, 0.05) is 12.8 Å². The minimum Gasteiger partial charge on any atom is -0.466 e. The predicted octanol–water partition coefficient (Wildman–Crippen LogP) is 23.5. The first-order chi connectivity index (χ1) is 39.0. The maximum Gasteiger partial charge on any atom is 0.305 e. The third kappa shape index (κ3) is 65.6. The summed E-state index contributed by atoms with van der Waals surface area (Å²) in [6, 6.07) is -0.621. The van der Waals surface area contributed by atoms with Gasteiger partial charge in [-0.3, -0.25) is 9.59 Å². The molecule has 0 heterocycles. The van der Waals surface area contributed by atoms with E-state index in [4.69, 9.17) is 4.74 Å². The number of hydrogen-bond donors (Lipinski definition) is 3. The van der Waals surface area contributed by atoms with E-state index in [1.54, 1.807) is 6.08 Å². The molecule has 0 aliphatic heterocycles. The van der Waals surface area contributed by atoms with E-state index in [0.29, 0.717) is 19.4 Å². The minimum absolute atomic E-state index is 0.0271. The summed E-state index contributed by atoms with van der Waals surface area (Å²) in [5.74, 6) is -0.0358. The van der Waals surface area contributed by atoms with Gasteiger partial charge < -0.3 is 20.3 Å². The second-order valence-corrected chi connectivity index (χ2v) is 25.3. The van der Waals surface area contributed by atoms with E-state index >= 15 is 0 Å². The number of amides is 1. The summed E-state index contributed by atoms with van der Waals surface area (Å²) in [6.07, 6.45) is 86.1. The molecule has 0 aromatic heterocycles. The molecule has 0 aromatic carbocycles. The molecule has 1 amide bonds. The van der Waals surface area contributed by atoms with Crippen LogP contribution in [-0.4, -0.2) is 47.4 Å². The molecule has 2 unspecified atom stereocenters. The summed E-state index contributed by atoms with van der Waals surface area (Å²) in [7, 11) is 0. The van der Waals surface area contributed by atoms with Crippen LogP contribution in [0.3, 0.4) is 0 Å². The molecule has 0 rings (SSSR count). The first-order valence-electron chi connectivity index (χ1n) is 36.5. The van der Waals surface area contributed by atoms with Crippen LogP contribution in [0.1, 0.15) is 418 Å². The fourth-order valence-corrected chi connectivity index (χ4v) is 11.8. The van der Waals surface area contributed by atoms with Gasteiger partial charge in [0.05, 0.1) is 25.4 Å². The fraction of sp³-hybridized carbons (Fsp3) is 0.945. The Bertz CT molecular complexity index is 1190. The van der Waals surface area contributed by atoms with Gasteiger partial charge in [-0.05, 0) is 32.1 Å². The zero-order valence-electron chi connectivity index (χ0n) is 53.9. The van der Waals surface area contributed by atoms with Gasteiger partial charge in [-0.15, -0.1) is 0 Å². The van der Waals surface area contributed by atoms with E-state index < -0.39 is 12.1 Å². The normalized spacial score (nSPS) is 12.5. The SMILES string of the molecule is CCCCCCCCCC/C=C/C(O)C(CO)NC(=O)CCCCCCCCCCCCCCCCCCCCCCCCCCCCCCCCCCCOC(=O)CCCCCCCCCCCCCCCCCCCCC. The summed E-state index contributed by atoms with van der Waals surface area (Å²) in [5, 5.41) is 23.0. The third-order valence-corrected chi connectivity index (χ3v) is 17.3. The number of ether oxygens (including phenoxy) is 1. The van der Waals surface area contributed by atoms with Gasteiger partial charge in [-0.2, -0.15) is 0 Å². The highest BCUT2D eigenvalue weighted by Crippen LogP contribution is 2.20. The molecular weight excluding hydrogens is 971 g/mol. The lowest BCUT2D eigenvalue weighted by molar-refractivity contribution is -0.143. The first kappa shape index (κ1) is 77.6. The van der Waals surface area contributed by atoms with Crippen molar-refractivity contribution in [3.8, 4) is 0 Å². The van der Waals surface area contributed by atoms with Crippen LogP contribution < -0.4 is 5.32 Å². The summed E-state index contributed by atoms with van der Waals surface area (Å²) in [6.45, 7) is 4.93. The van der Waals surface area contributed by atoms with Crippen LogP contribution >= 0.6 is 0 Å². The summed E-state index contributed by atoms with van der Waals surface area (Å²) in [4.78, 5) is 24.5. The molecule has 0 radical (unpaired) electrons. The molecule has 0 saturated carbocycles. The van der Waals surface area contributed by atoms with E-state index in [1.807, 2.05) is 6.08 Å². The van der Waals surface area contributed by atoms with Crippen LogP contribution in [0.5, 0.6) is 0 Å². The third-order valence-electron chi connectivity index (χ3n) is 17.3. The maximum absolute atomic E-state index is 12.4. The predicted molar refractivity (Wildman–Crippen MR) is 347 cm³/mol. The van der Waals surface area contributed by atoms with E-state index in [-0.39, 0.29) is 18.5 Å². The number of aliphatic hydroxyl groups excluding tert-OH is 2. The Morgan fingerprint density at radius 2 is 0.582 bits per heavy atom. The number of esters is 1. The Kier molecular flexibility index (Phi) is 67.9. The van der Waals surface area contributed by atoms with Crippen LogP contribution in [0.2, 0.25) is 0 Å². The summed E-state index contributed by atoms with van der Waals surface area (Å²) < 4.78 is 5.52. The van der Waals surface area contributed by atoms with Gasteiger partial charge in [-0.25, -0.2) is 0 Å². The van der Waals surface area contributed by atoms with Crippen molar-refractivity contribution in [3.05, 3.63) is 12.2 Å². The first-order valence-corrected chi connectivity index (χ1v) is 36.5. The van der Waals surface area contributed by atoms with E-state index in [2.05, 4.69) is 19.2 Å². The van der Waals surface area contributed by atoms with Gasteiger partial charge in [0.2, 0.25) is 5.91 Å². The molecule has 470 valence electrons.